The van der Waals surface area contributed by atoms with Crippen molar-refractivity contribution in [2.75, 3.05) is 11.9 Å². The molecular formula is C25H22N2O4. The van der Waals surface area contributed by atoms with Crippen molar-refractivity contribution in [3.8, 4) is 0 Å². The van der Waals surface area contributed by atoms with Crippen LogP contribution in [0.3, 0.4) is 0 Å². The van der Waals surface area contributed by atoms with Crippen LogP contribution < -0.4 is 10.6 Å². The maximum Gasteiger partial charge on any atom is 0.338 e. The van der Waals surface area contributed by atoms with E-state index in [1.165, 1.54) is 0 Å². The van der Waals surface area contributed by atoms with E-state index in [1.807, 2.05) is 36.4 Å². The van der Waals surface area contributed by atoms with E-state index in [1.54, 1.807) is 61.5 Å². The molecule has 0 bridgehead atoms. The van der Waals surface area contributed by atoms with Crippen LogP contribution in [-0.4, -0.2) is 24.4 Å². The van der Waals surface area contributed by atoms with Gasteiger partial charge in [-0.05, 0) is 55.0 Å². The SMILES string of the molecule is CCOC(=O)c1ccc(NC(=O)C(=Cc2ccccc2)NC(=O)c2ccccc2)cc1. The summed E-state index contributed by atoms with van der Waals surface area (Å²) in [5.41, 5.74) is 2.16. The Bertz CT molecular complexity index is 1080. The topological polar surface area (TPSA) is 84.5 Å². The van der Waals surface area contributed by atoms with Gasteiger partial charge in [-0.25, -0.2) is 4.79 Å². The van der Waals surface area contributed by atoms with Crippen LogP contribution in [0, 0.1) is 0 Å². The van der Waals surface area contributed by atoms with E-state index in [2.05, 4.69) is 10.6 Å². The molecule has 0 radical (unpaired) electrons. The fourth-order valence-corrected chi connectivity index (χ4v) is 2.76. The lowest BCUT2D eigenvalue weighted by Crippen LogP contribution is -2.30. The van der Waals surface area contributed by atoms with Gasteiger partial charge in [0.1, 0.15) is 5.70 Å². The summed E-state index contributed by atoms with van der Waals surface area (Å²) in [6.07, 6.45) is 1.60. The standard InChI is InChI=1S/C25H22N2O4/c1-2-31-25(30)20-13-15-21(16-14-20)26-24(29)22(17-18-9-5-3-6-10-18)27-23(28)19-11-7-4-8-12-19/h3-17H,2H2,1H3,(H,26,29)(H,27,28). The number of benzene rings is 3. The minimum absolute atomic E-state index is 0.0922. The second-order valence-electron chi connectivity index (χ2n) is 6.54. The van der Waals surface area contributed by atoms with Gasteiger partial charge in [-0.2, -0.15) is 0 Å². The van der Waals surface area contributed by atoms with Crippen LogP contribution in [0.5, 0.6) is 0 Å². The van der Waals surface area contributed by atoms with E-state index in [0.29, 0.717) is 16.8 Å². The van der Waals surface area contributed by atoms with Gasteiger partial charge >= 0.3 is 5.97 Å². The zero-order valence-corrected chi connectivity index (χ0v) is 17.0. The first-order valence-corrected chi connectivity index (χ1v) is 9.78. The van der Waals surface area contributed by atoms with E-state index in [0.717, 1.165) is 5.56 Å². The number of hydrogen-bond acceptors (Lipinski definition) is 4. The molecule has 0 fully saturated rings. The summed E-state index contributed by atoms with van der Waals surface area (Å²) in [6, 6.07) is 24.2. The molecular weight excluding hydrogens is 392 g/mol. The first-order valence-electron chi connectivity index (χ1n) is 9.78. The van der Waals surface area contributed by atoms with Crippen LogP contribution in [0.1, 0.15) is 33.2 Å². The zero-order chi connectivity index (χ0) is 22.1. The lowest BCUT2D eigenvalue weighted by molar-refractivity contribution is -0.113. The molecule has 0 aliphatic heterocycles. The summed E-state index contributed by atoms with van der Waals surface area (Å²) in [6.45, 7) is 2.02. The highest BCUT2D eigenvalue weighted by molar-refractivity contribution is 6.10. The number of hydrogen-bond donors (Lipinski definition) is 2. The summed E-state index contributed by atoms with van der Waals surface area (Å²) in [5.74, 6) is -1.31. The Morgan fingerprint density at radius 1 is 0.806 bits per heavy atom. The lowest BCUT2D eigenvalue weighted by atomic mass is 10.1. The van der Waals surface area contributed by atoms with Gasteiger partial charge in [0.25, 0.3) is 11.8 Å². The third-order valence-electron chi connectivity index (χ3n) is 4.29. The summed E-state index contributed by atoms with van der Waals surface area (Å²) in [5, 5.41) is 5.43. The minimum atomic E-state index is -0.489. The largest absolute Gasteiger partial charge is 0.462 e. The molecule has 156 valence electrons. The molecule has 3 aromatic rings. The summed E-state index contributed by atoms with van der Waals surface area (Å²) in [4.78, 5) is 37.3. The molecule has 0 aliphatic rings. The number of ether oxygens (including phenoxy) is 1. The molecule has 0 heterocycles. The Morgan fingerprint density at radius 3 is 2.03 bits per heavy atom. The van der Waals surface area contributed by atoms with Crippen LogP contribution in [-0.2, 0) is 9.53 Å². The highest BCUT2D eigenvalue weighted by atomic mass is 16.5. The zero-order valence-electron chi connectivity index (χ0n) is 17.0. The van der Waals surface area contributed by atoms with Crippen molar-refractivity contribution in [3.63, 3.8) is 0 Å². The molecule has 0 unspecified atom stereocenters. The average molecular weight is 414 g/mol. The van der Waals surface area contributed by atoms with Gasteiger partial charge in [-0.1, -0.05) is 48.5 Å². The Balaban J connectivity index is 1.80. The Morgan fingerprint density at radius 2 is 1.42 bits per heavy atom. The van der Waals surface area contributed by atoms with E-state index in [4.69, 9.17) is 4.74 Å². The fraction of sp³-hybridized carbons (Fsp3) is 0.0800. The third-order valence-corrected chi connectivity index (χ3v) is 4.29. The first kappa shape index (κ1) is 21.5. The Hall–Kier alpha value is -4.19. The van der Waals surface area contributed by atoms with Gasteiger partial charge in [0, 0.05) is 11.3 Å². The fourth-order valence-electron chi connectivity index (χ4n) is 2.76. The number of carbonyl (C=O) groups is 3. The van der Waals surface area contributed by atoms with Gasteiger partial charge in [0.2, 0.25) is 0 Å². The molecule has 0 saturated carbocycles. The molecule has 2 amide bonds. The van der Waals surface area contributed by atoms with Crippen LogP contribution >= 0.6 is 0 Å². The quantitative estimate of drug-likeness (QED) is 0.447. The molecule has 31 heavy (non-hydrogen) atoms. The molecule has 2 N–H and O–H groups in total. The van der Waals surface area contributed by atoms with E-state index in [9.17, 15) is 14.4 Å². The molecule has 0 aliphatic carbocycles. The molecule has 3 rings (SSSR count). The monoisotopic (exact) mass is 414 g/mol. The molecule has 0 atom stereocenters. The number of rotatable bonds is 7. The Labute approximate surface area is 180 Å². The highest BCUT2D eigenvalue weighted by Crippen LogP contribution is 2.13. The van der Waals surface area contributed by atoms with Gasteiger partial charge in [-0.3, -0.25) is 9.59 Å². The Kier molecular flexibility index (Phi) is 7.32. The number of esters is 1. The molecule has 6 nitrogen and oxygen atoms in total. The second kappa shape index (κ2) is 10.5. The normalized spacial score (nSPS) is 10.8. The van der Waals surface area contributed by atoms with Crippen LogP contribution in [0.25, 0.3) is 6.08 Å². The van der Waals surface area contributed by atoms with Crippen molar-refractivity contribution >= 4 is 29.5 Å². The molecule has 6 heteroatoms. The first-order chi connectivity index (χ1) is 15.1. The van der Waals surface area contributed by atoms with Crippen molar-refractivity contribution < 1.29 is 19.1 Å². The smallest absolute Gasteiger partial charge is 0.338 e. The summed E-state index contributed by atoms with van der Waals surface area (Å²) >= 11 is 0. The molecule has 3 aromatic carbocycles. The number of amides is 2. The number of anilines is 1. The average Bonchev–Trinajstić information content (AvgIpc) is 2.80. The highest BCUT2D eigenvalue weighted by Gasteiger charge is 2.15. The van der Waals surface area contributed by atoms with Crippen LogP contribution in [0.15, 0.2) is 90.6 Å². The number of nitrogens with one attached hydrogen (secondary N) is 2. The van der Waals surface area contributed by atoms with Crippen LogP contribution in [0.2, 0.25) is 0 Å². The van der Waals surface area contributed by atoms with Crippen molar-refractivity contribution in [1.29, 1.82) is 0 Å². The van der Waals surface area contributed by atoms with E-state index >= 15 is 0 Å². The second-order valence-corrected chi connectivity index (χ2v) is 6.54. The van der Waals surface area contributed by atoms with Crippen molar-refractivity contribution in [1.82, 2.24) is 5.32 Å². The van der Waals surface area contributed by atoms with Crippen molar-refractivity contribution in [2.45, 2.75) is 6.92 Å². The van der Waals surface area contributed by atoms with E-state index < -0.39 is 17.8 Å². The molecule has 0 aromatic heterocycles. The van der Waals surface area contributed by atoms with Crippen molar-refractivity contribution in [3.05, 3.63) is 107 Å². The maximum atomic E-state index is 12.9. The maximum absolute atomic E-state index is 12.9. The lowest BCUT2D eigenvalue weighted by Gasteiger charge is -2.12. The van der Waals surface area contributed by atoms with Crippen LogP contribution in [0.4, 0.5) is 5.69 Å². The van der Waals surface area contributed by atoms with Gasteiger partial charge in [0.05, 0.1) is 12.2 Å². The number of carbonyl (C=O) groups excluding carboxylic acids is 3. The van der Waals surface area contributed by atoms with Gasteiger partial charge in [-0.15, -0.1) is 0 Å². The van der Waals surface area contributed by atoms with E-state index in [-0.39, 0.29) is 12.3 Å². The summed E-state index contributed by atoms with van der Waals surface area (Å²) < 4.78 is 4.96. The third kappa shape index (κ3) is 6.14. The summed E-state index contributed by atoms with van der Waals surface area (Å²) in [7, 11) is 0. The predicted molar refractivity (Wildman–Crippen MR) is 119 cm³/mol. The predicted octanol–water partition coefficient (Wildman–Crippen LogP) is 4.27. The molecule has 0 spiro atoms. The van der Waals surface area contributed by atoms with Crippen molar-refractivity contribution in [2.24, 2.45) is 0 Å². The van der Waals surface area contributed by atoms with Gasteiger partial charge < -0.3 is 15.4 Å². The minimum Gasteiger partial charge on any atom is -0.462 e. The molecule has 0 saturated heterocycles. The van der Waals surface area contributed by atoms with Gasteiger partial charge in [0.15, 0.2) is 0 Å².